The van der Waals surface area contributed by atoms with Gasteiger partial charge in [-0.1, -0.05) is 17.7 Å². The van der Waals surface area contributed by atoms with Crippen LogP contribution < -0.4 is 10.1 Å². The molecule has 0 unspecified atom stereocenters. The van der Waals surface area contributed by atoms with Crippen LogP contribution in [0.4, 0.5) is 11.4 Å². The summed E-state index contributed by atoms with van der Waals surface area (Å²) in [6, 6.07) is 10.6. The van der Waals surface area contributed by atoms with Crippen molar-refractivity contribution < 1.29 is 24.0 Å². The second-order valence-corrected chi connectivity index (χ2v) is 5.80. The molecule has 0 aromatic heterocycles. The van der Waals surface area contributed by atoms with Gasteiger partial charge in [0, 0.05) is 17.7 Å². The Labute approximate surface area is 160 Å². The molecule has 0 radical (unpaired) electrons. The summed E-state index contributed by atoms with van der Waals surface area (Å²) in [6.45, 7) is 1.31. The van der Waals surface area contributed by atoms with Gasteiger partial charge in [-0.3, -0.25) is 19.7 Å². The molecule has 0 saturated carbocycles. The molecule has 0 aliphatic rings. The number of methoxy groups -OCH3 is 1. The number of benzene rings is 2. The van der Waals surface area contributed by atoms with Crippen LogP contribution in [-0.2, 0) is 20.7 Å². The Kier molecular flexibility index (Phi) is 6.65. The number of ether oxygens (including phenoxy) is 2. The van der Waals surface area contributed by atoms with Crippen LogP contribution in [0, 0.1) is 28.4 Å². The minimum atomic E-state index is -0.671. The third kappa shape index (κ3) is 5.28. The molecule has 0 aliphatic carbocycles. The van der Waals surface area contributed by atoms with Gasteiger partial charge in [-0.2, -0.15) is 5.26 Å². The molecule has 144 valence electrons. The normalized spacial score (nSPS) is 9.89. The molecular weight excluding hydrogens is 366 g/mol. The van der Waals surface area contributed by atoms with E-state index in [1.807, 2.05) is 13.0 Å². The number of hydrogen-bond donors (Lipinski definition) is 1. The smallest absolute Gasteiger partial charge is 0.310 e. The molecule has 0 aliphatic heterocycles. The van der Waals surface area contributed by atoms with Crippen LogP contribution in [0.2, 0.25) is 0 Å². The molecule has 28 heavy (non-hydrogen) atoms. The molecule has 0 atom stereocenters. The summed E-state index contributed by atoms with van der Waals surface area (Å²) in [7, 11) is 1.49. The van der Waals surface area contributed by atoms with Gasteiger partial charge in [0.2, 0.25) is 0 Å². The highest BCUT2D eigenvalue weighted by molar-refractivity contribution is 5.94. The summed E-state index contributed by atoms with van der Waals surface area (Å²) in [5, 5.41) is 22.2. The van der Waals surface area contributed by atoms with Crippen molar-refractivity contribution in [2.45, 2.75) is 13.3 Å². The molecule has 0 saturated heterocycles. The van der Waals surface area contributed by atoms with Crippen LogP contribution in [0.25, 0.3) is 0 Å². The number of nitrogens with zero attached hydrogens (tertiary/aromatic N) is 2. The first-order valence-corrected chi connectivity index (χ1v) is 8.11. The Balaban J connectivity index is 1.96. The van der Waals surface area contributed by atoms with E-state index in [0.717, 1.165) is 17.7 Å². The standard InChI is InChI=1S/C19H17N3O6/c1-12-3-6-17(27-2)13(7-12)9-19(24)28-11-18(23)21-16-5-4-15(22(25)26)8-14(16)10-20/h3-8H,9,11H2,1-2H3,(H,21,23). The third-order valence-corrected chi connectivity index (χ3v) is 3.74. The second kappa shape index (κ2) is 9.14. The summed E-state index contributed by atoms with van der Waals surface area (Å²) in [4.78, 5) is 34.1. The lowest BCUT2D eigenvalue weighted by molar-refractivity contribution is -0.384. The zero-order valence-electron chi connectivity index (χ0n) is 15.2. The molecule has 0 fully saturated rings. The first-order valence-electron chi connectivity index (χ1n) is 8.11. The van der Waals surface area contributed by atoms with E-state index in [1.54, 1.807) is 18.2 Å². The van der Waals surface area contributed by atoms with E-state index < -0.39 is 23.4 Å². The van der Waals surface area contributed by atoms with Crippen molar-refractivity contribution in [2.75, 3.05) is 19.0 Å². The maximum atomic E-state index is 12.0. The Morgan fingerprint density at radius 1 is 1.25 bits per heavy atom. The van der Waals surface area contributed by atoms with Crippen LogP contribution in [-0.4, -0.2) is 30.5 Å². The molecule has 1 amide bonds. The SMILES string of the molecule is COc1ccc(C)cc1CC(=O)OCC(=O)Nc1ccc([N+](=O)[O-])cc1C#N. The van der Waals surface area contributed by atoms with Gasteiger partial charge in [-0.05, 0) is 19.1 Å². The number of nitro groups is 1. The fourth-order valence-electron chi connectivity index (χ4n) is 2.43. The van der Waals surface area contributed by atoms with Crippen molar-refractivity contribution in [3.63, 3.8) is 0 Å². The Morgan fingerprint density at radius 2 is 2.00 bits per heavy atom. The van der Waals surface area contributed by atoms with Crippen molar-refractivity contribution in [2.24, 2.45) is 0 Å². The maximum Gasteiger partial charge on any atom is 0.310 e. The molecule has 9 heteroatoms. The van der Waals surface area contributed by atoms with Crippen molar-refractivity contribution in [3.05, 3.63) is 63.2 Å². The highest BCUT2D eigenvalue weighted by Gasteiger charge is 2.15. The number of non-ortho nitro benzene ring substituents is 1. The summed E-state index contributed by atoms with van der Waals surface area (Å²) in [6.07, 6.45) is -0.0703. The molecular formula is C19H17N3O6. The average molecular weight is 383 g/mol. The number of hydrogen-bond acceptors (Lipinski definition) is 7. The number of carbonyl (C=O) groups excluding carboxylic acids is 2. The summed E-state index contributed by atoms with van der Waals surface area (Å²) < 4.78 is 10.1. The molecule has 1 N–H and O–H groups in total. The van der Waals surface area contributed by atoms with Crippen LogP contribution in [0.3, 0.4) is 0 Å². The van der Waals surface area contributed by atoms with Crippen LogP contribution >= 0.6 is 0 Å². The van der Waals surface area contributed by atoms with Crippen molar-refractivity contribution in [1.82, 2.24) is 0 Å². The Hall–Kier alpha value is -3.93. The van der Waals surface area contributed by atoms with Gasteiger partial charge in [-0.15, -0.1) is 0 Å². The van der Waals surface area contributed by atoms with Gasteiger partial charge in [0.05, 0.1) is 29.7 Å². The predicted octanol–water partition coefficient (Wildman–Crippen LogP) is 2.51. The Bertz CT molecular complexity index is 965. The van der Waals surface area contributed by atoms with E-state index in [9.17, 15) is 19.7 Å². The molecule has 9 nitrogen and oxygen atoms in total. The minimum absolute atomic E-state index is 0.0703. The zero-order chi connectivity index (χ0) is 20.7. The lowest BCUT2D eigenvalue weighted by atomic mass is 10.1. The van der Waals surface area contributed by atoms with Crippen LogP contribution in [0.15, 0.2) is 36.4 Å². The zero-order valence-corrected chi connectivity index (χ0v) is 15.2. The van der Waals surface area contributed by atoms with E-state index in [2.05, 4.69) is 5.32 Å². The van der Waals surface area contributed by atoms with Crippen molar-refractivity contribution in [3.8, 4) is 11.8 Å². The number of nitrogens with one attached hydrogen (secondary N) is 1. The topological polar surface area (TPSA) is 132 Å². The fourth-order valence-corrected chi connectivity index (χ4v) is 2.43. The van der Waals surface area contributed by atoms with Gasteiger partial charge in [0.25, 0.3) is 11.6 Å². The van der Waals surface area contributed by atoms with Crippen molar-refractivity contribution in [1.29, 1.82) is 5.26 Å². The Morgan fingerprint density at radius 3 is 2.64 bits per heavy atom. The van der Waals surface area contributed by atoms with Gasteiger partial charge in [0.1, 0.15) is 11.8 Å². The number of aryl methyl sites for hydroxylation is 1. The second-order valence-electron chi connectivity index (χ2n) is 5.80. The first kappa shape index (κ1) is 20.4. The van der Waals surface area contributed by atoms with Gasteiger partial charge >= 0.3 is 5.97 Å². The monoisotopic (exact) mass is 383 g/mol. The third-order valence-electron chi connectivity index (χ3n) is 3.74. The summed E-state index contributed by atoms with van der Waals surface area (Å²) in [5.74, 6) is -0.755. The average Bonchev–Trinajstić information content (AvgIpc) is 2.66. The molecule has 0 heterocycles. The number of nitro benzene ring substituents is 1. The van der Waals surface area contributed by atoms with E-state index >= 15 is 0 Å². The van der Waals surface area contributed by atoms with Crippen LogP contribution in [0.1, 0.15) is 16.7 Å². The van der Waals surface area contributed by atoms with Gasteiger partial charge in [-0.25, -0.2) is 0 Å². The number of esters is 1. The lowest BCUT2D eigenvalue weighted by Gasteiger charge is -2.10. The van der Waals surface area contributed by atoms with Gasteiger partial charge < -0.3 is 14.8 Å². The number of nitriles is 1. The molecule has 2 aromatic carbocycles. The number of carbonyl (C=O) groups is 2. The van der Waals surface area contributed by atoms with Gasteiger partial charge in [0.15, 0.2) is 6.61 Å². The number of amides is 1. The quantitative estimate of drug-likeness (QED) is 0.441. The van der Waals surface area contributed by atoms with E-state index in [0.29, 0.717) is 11.3 Å². The minimum Gasteiger partial charge on any atom is -0.496 e. The number of rotatable bonds is 7. The van der Waals surface area contributed by atoms with Crippen LogP contribution in [0.5, 0.6) is 5.75 Å². The lowest BCUT2D eigenvalue weighted by Crippen LogP contribution is -2.22. The predicted molar refractivity (Wildman–Crippen MR) is 98.8 cm³/mol. The molecule has 2 rings (SSSR count). The van der Waals surface area contributed by atoms with Crippen molar-refractivity contribution >= 4 is 23.3 Å². The highest BCUT2D eigenvalue weighted by atomic mass is 16.6. The fraction of sp³-hybridized carbons (Fsp3) is 0.211. The maximum absolute atomic E-state index is 12.0. The largest absolute Gasteiger partial charge is 0.496 e. The highest BCUT2D eigenvalue weighted by Crippen LogP contribution is 2.22. The van der Waals surface area contributed by atoms with E-state index in [-0.39, 0.29) is 23.4 Å². The molecule has 2 aromatic rings. The first-order chi connectivity index (χ1) is 13.3. The molecule has 0 spiro atoms. The summed E-state index contributed by atoms with van der Waals surface area (Å²) >= 11 is 0. The molecule has 0 bridgehead atoms. The van der Waals surface area contributed by atoms with E-state index in [1.165, 1.54) is 13.2 Å². The van der Waals surface area contributed by atoms with E-state index in [4.69, 9.17) is 14.7 Å². The summed E-state index contributed by atoms with van der Waals surface area (Å²) in [5.41, 5.74) is 1.33. The number of anilines is 1.